The predicted molar refractivity (Wildman–Crippen MR) is 118 cm³/mol. The SMILES string of the molecule is COc1cc(CCNC(=O)CSCc2cc(=O)n3ccsc3n2)c([N+](=O)[O-])cc1OC. The minimum atomic E-state index is -0.491. The largest absolute Gasteiger partial charge is 0.493 e. The van der Waals surface area contributed by atoms with E-state index in [1.165, 1.54) is 53.9 Å². The van der Waals surface area contributed by atoms with E-state index < -0.39 is 4.92 Å². The molecule has 3 aromatic rings. The Kier molecular flexibility index (Phi) is 7.47. The van der Waals surface area contributed by atoms with Crippen LogP contribution in [-0.4, -0.2) is 46.7 Å². The van der Waals surface area contributed by atoms with Crippen LogP contribution in [0.4, 0.5) is 5.69 Å². The third-order valence-corrected chi connectivity index (χ3v) is 6.06. The normalized spacial score (nSPS) is 10.8. The molecule has 0 spiro atoms. The van der Waals surface area contributed by atoms with Crippen molar-refractivity contribution in [3.8, 4) is 11.5 Å². The second-order valence-electron chi connectivity index (χ2n) is 6.33. The van der Waals surface area contributed by atoms with Gasteiger partial charge in [0.25, 0.3) is 11.2 Å². The van der Waals surface area contributed by atoms with Crippen molar-refractivity contribution in [3.63, 3.8) is 0 Å². The molecule has 2 heterocycles. The smallest absolute Gasteiger partial charge is 0.276 e. The number of nitro groups is 1. The lowest BCUT2D eigenvalue weighted by Crippen LogP contribution is -2.27. The highest BCUT2D eigenvalue weighted by molar-refractivity contribution is 7.99. The van der Waals surface area contributed by atoms with Crippen LogP contribution in [-0.2, 0) is 17.0 Å². The van der Waals surface area contributed by atoms with Crippen LogP contribution in [0.1, 0.15) is 11.3 Å². The number of nitrogens with one attached hydrogen (secondary N) is 1. The molecule has 0 aliphatic carbocycles. The fourth-order valence-corrected chi connectivity index (χ4v) is 4.36. The number of hydrogen-bond acceptors (Lipinski definition) is 9. The van der Waals surface area contributed by atoms with Crippen LogP contribution < -0.4 is 20.3 Å². The maximum Gasteiger partial charge on any atom is 0.276 e. The van der Waals surface area contributed by atoms with Gasteiger partial charge in [-0.15, -0.1) is 23.1 Å². The monoisotopic (exact) mass is 464 g/mol. The Labute approximate surface area is 185 Å². The van der Waals surface area contributed by atoms with E-state index in [1.54, 1.807) is 17.6 Å². The second kappa shape index (κ2) is 10.3. The number of methoxy groups -OCH3 is 2. The topological polar surface area (TPSA) is 125 Å². The van der Waals surface area contributed by atoms with Gasteiger partial charge in [-0.2, -0.15) is 0 Å². The van der Waals surface area contributed by atoms with Crippen molar-refractivity contribution in [1.82, 2.24) is 14.7 Å². The van der Waals surface area contributed by atoms with Gasteiger partial charge < -0.3 is 14.8 Å². The van der Waals surface area contributed by atoms with Crippen molar-refractivity contribution in [2.75, 3.05) is 26.5 Å². The van der Waals surface area contributed by atoms with Gasteiger partial charge in [-0.3, -0.25) is 24.1 Å². The summed E-state index contributed by atoms with van der Waals surface area (Å²) in [5, 5.41) is 15.9. The van der Waals surface area contributed by atoms with Crippen molar-refractivity contribution >= 4 is 39.7 Å². The van der Waals surface area contributed by atoms with Crippen molar-refractivity contribution in [2.24, 2.45) is 0 Å². The highest BCUT2D eigenvalue weighted by Gasteiger charge is 2.19. The first kappa shape index (κ1) is 22.6. The molecule has 3 rings (SSSR count). The summed E-state index contributed by atoms with van der Waals surface area (Å²) in [7, 11) is 2.86. The lowest BCUT2D eigenvalue weighted by Gasteiger charge is -2.11. The van der Waals surface area contributed by atoms with E-state index >= 15 is 0 Å². The fourth-order valence-electron chi connectivity index (χ4n) is 2.88. The molecule has 0 aliphatic heterocycles. The summed E-state index contributed by atoms with van der Waals surface area (Å²) in [4.78, 5) is 39.9. The molecule has 0 saturated carbocycles. The molecule has 0 bridgehead atoms. The van der Waals surface area contributed by atoms with Crippen molar-refractivity contribution in [3.05, 3.63) is 61.5 Å². The third-order valence-electron chi connectivity index (χ3n) is 4.34. The highest BCUT2D eigenvalue weighted by Crippen LogP contribution is 2.34. The van der Waals surface area contributed by atoms with Crippen LogP contribution in [0.25, 0.3) is 4.96 Å². The minimum absolute atomic E-state index is 0.0948. The fraction of sp³-hybridized carbons (Fsp3) is 0.316. The van der Waals surface area contributed by atoms with Gasteiger partial charge in [-0.05, 0) is 12.5 Å². The van der Waals surface area contributed by atoms with Crippen molar-refractivity contribution < 1.29 is 19.2 Å². The van der Waals surface area contributed by atoms with Gasteiger partial charge in [-0.1, -0.05) is 0 Å². The maximum atomic E-state index is 12.1. The quantitative estimate of drug-likeness (QED) is 0.358. The van der Waals surface area contributed by atoms with Crippen molar-refractivity contribution in [1.29, 1.82) is 0 Å². The number of rotatable bonds is 10. The molecule has 0 atom stereocenters. The zero-order valence-corrected chi connectivity index (χ0v) is 18.5. The number of carbonyl (C=O) groups is 1. The first-order chi connectivity index (χ1) is 14.9. The van der Waals surface area contributed by atoms with E-state index in [1.807, 2.05) is 0 Å². The summed E-state index contributed by atoms with van der Waals surface area (Å²) >= 11 is 2.71. The molecule has 0 aliphatic rings. The molecular formula is C19H20N4O6S2. The van der Waals surface area contributed by atoms with Gasteiger partial charge >= 0.3 is 0 Å². The number of carbonyl (C=O) groups excluding carboxylic acids is 1. The maximum absolute atomic E-state index is 12.1. The van der Waals surface area contributed by atoms with E-state index in [9.17, 15) is 19.7 Å². The Balaban J connectivity index is 1.51. The van der Waals surface area contributed by atoms with E-state index in [-0.39, 0.29) is 41.6 Å². The van der Waals surface area contributed by atoms with Gasteiger partial charge in [0, 0.05) is 35.5 Å². The number of aromatic nitrogens is 2. The number of thiazole rings is 1. The number of nitrogens with zero attached hydrogens (tertiary/aromatic N) is 3. The summed E-state index contributed by atoms with van der Waals surface area (Å²) in [6, 6.07) is 4.31. The van der Waals surface area contributed by atoms with Crippen LogP contribution in [0.2, 0.25) is 0 Å². The van der Waals surface area contributed by atoms with Gasteiger partial charge in [-0.25, -0.2) is 4.98 Å². The summed E-state index contributed by atoms with van der Waals surface area (Å²) in [5.74, 6) is 1.06. The third kappa shape index (κ3) is 5.52. The standard InChI is InChI=1S/C19H20N4O6S2/c1-28-15-7-12(14(23(26)27)9-16(15)29-2)3-4-20-17(24)11-30-10-13-8-18(25)22-5-6-31-19(22)21-13/h5-9H,3-4,10-11H2,1-2H3,(H,20,24). The van der Waals surface area contributed by atoms with Gasteiger partial charge in [0.2, 0.25) is 5.91 Å². The Bertz CT molecular complexity index is 1160. The van der Waals surface area contributed by atoms with Crippen LogP contribution in [0, 0.1) is 10.1 Å². The van der Waals surface area contributed by atoms with Crippen LogP contribution in [0.15, 0.2) is 34.6 Å². The summed E-state index contributed by atoms with van der Waals surface area (Å²) < 4.78 is 11.8. The van der Waals surface area contributed by atoms with Gasteiger partial charge in [0.05, 0.1) is 36.7 Å². The van der Waals surface area contributed by atoms with Crippen LogP contribution >= 0.6 is 23.1 Å². The highest BCUT2D eigenvalue weighted by atomic mass is 32.2. The number of thioether (sulfide) groups is 1. The van der Waals surface area contributed by atoms with E-state index in [4.69, 9.17) is 9.47 Å². The molecule has 31 heavy (non-hydrogen) atoms. The summed E-state index contributed by atoms with van der Waals surface area (Å²) in [5.41, 5.74) is 0.807. The predicted octanol–water partition coefficient (Wildman–Crippen LogP) is 2.27. The first-order valence-corrected chi connectivity index (χ1v) is 11.2. The molecule has 2 aromatic heterocycles. The Hall–Kier alpha value is -3.12. The van der Waals surface area contributed by atoms with Crippen LogP contribution in [0.3, 0.4) is 0 Å². The van der Waals surface area contributed by atoms with Crippen molar-refractivity contribution in [2.45, 2.75) is 12.2 Å². The van der Waals surface area contributed by atoms with Gasteiger partial charge in [0.1, 0.15) is 0 Å². The molecule has 0 fully saturated rings. The molecule has 164 valence electrons. The Morgan fingerprint density at radius 3 is 2.74 bits per heavy atom. The molecule has 10 nitrogen and oxygen atoms in total. The molecule has 12 heteroatoms. The zero-order valence-electron chi connectivity index (χ0n) is 16.8. The van der Waals surface area contributed by atoms with Gasteiger partial charge in [0.15, 0.2) is 16.5 Å². The second-order valence-corrected chi connectivity index (χ2v) is 8.19. The molecule has 1 amide bonds. The summed E-state index contributed by atoms with van der Waals surface area (Å²) in [6.45, 7) is 0.233. The number of hydrogen-bond donors (Lipinski definition) is 1. The molecule has 0 unspecified atom stereocenters. The zero-order chi connectivity index (χ0) is 22.4. The van der Waals surface area contributed by atoms with E-state index in [0.717, 1.165) is 0 Å². The molecular weight excluding hydrogens is 444 g/mol. The molecule has 0 saturated heterocycles. The first-order valence-electron chi connectivity index (χ1n) is 9.12. The minimum Gasteiger partial charge on any atom is -0.493 e. The molecule has 0 radical (unpaired) electrons. The van der Waals surface area contributed by atoms with E-state index in [0.29, 0.717) is 27.7 Å². The van der Waals surface area contributed by atoms with E-state index in [2.05, 4.69) is 10.3 Å². The Morgan fingerprint density at radius 1 is 1.29 bits per heavy atom. The number of fused-ring (bicyclic) bond motifs is 1. The molecule has 1 N–H and O–H groups in total. The number of ether oxygens (including phenoxy) is 2. The lowest BCUT2D eigenvalue weighted by atomic mass is 10.1. The average Bonchev–Trinajstić information content (AvgIpc) is 3.22. The number of benzene rings is 1. The van der Waals surface area contributed by atoms with Crippen LogP contribution in [0.5, 0.6) is 11.5 Å². The average molecular weight is 465 g/mol. The summed E-state index contributed by atoms with van der Waals surface area (Å²) in [6.07, 6.45) is 1.93. The Morgan fingerprint density at radius 2 is 2.03 bits per heavy atom. The number of amides is 1. The lowest BCUT2D eigenvalue weighted by molar-refractivity contribution is -0.385. The molecule has 1 aromatic carbocycles. The number of nitro benzene ring substituents is 1.